The first-order chi connectivity index (χ1) is 9.63. The van der Waals surface area contributed by atoms with Crippen molar-refractivity contribution in [1.29, 1.82) is 0 Å². The molecular formula is C16H17BrO2S. The van der Waals surface area contributed by atoms with Gasteiger partial charge in [-0.25, -0.2) is 0 Å². The van der Waals surface area contributed by atoms with Crippen molar-refractivity contribution in [3.05, 3.63) is 50.6 Å². The second kappa shape index (κ2) is 7.04. The number of hydrogen-bond donors (Lipinski definition) is 0. The van der Waals surface area contributed by atoms with Crippen LogP contribution in [-0.2, 0) is 0 Å². The lowest BCUT2D eigenvalue weighted by Gasteiger charge is -2.15. The standard InChI is InChI=1S/C16H17BrO2S/c1-3-11(2)12-6-4-5-7-15(12)19-10-14(18)16-13(17)8-9-20-16/h4-9,11H,3,10H2,1-2H3. The highest BCUT2D eigenvalue weighted by atomic mass is 79.9. The lowest BCUT2D eigenvalue weighted by molar-refractivity contribution is 0.0924. The number of carbonyl (C=O) groups excluding carboxylic acids is 1. The first-order valence-corrected chi connectivity index (χ1v) is 8.28. The maximum atomic E-state index is 12.1. The van der Waals surface area contributed by atoms with E-state index in [0.717, 1.165) is 22.2 Å². The molecule has 2 rings (SSSR count). The molecular weight excluding hydrogens is 336 g/mol. The lowest BCUT2D eigenvalue weighted by atomic mass is 9.98. The van der Waals surface area contributed by atoms with E-state index < -0.39 is 0 Å². The molecule has 2 aromatic rings. The Labute approximate surface area is 131 Å². The fraction of sp³-hybridized carbons (Fsp3) is 0.312. The van der Waals surface area contributed by atoms with E-state index in [4.69, 9.17) is 4.74 Å². The molecule has 0 saturated carbocycles. The summed E-state index contributed by atoms with van der Waals surface area (Å²) in [5.41, 5.74) is 1.16. The third kappa shape index (κ3) is 3.49. The minimum absolute atomic E-state index is 0.00540. The normalized spacial score (nSPS) is 12.2. The largest absolute Gasteiger partial charge is 0.485 e. The predicted molar refractivity (Wildman–Crippen MR) is 87.0 cm³/mol. The van der Waals surface area contributed by atoms with Crippen LogP contribution in [0.3, 0.4) is 0 Å². The zero-order valence-electron chi connectivity index (χ0n) is 11.6. The van der Waals surface area contributed by atoms with Crippen LogP contribution in [0.1, 0.15) is 41.4 Å². The van der Waals surface area contributed by atoms with Crippen LogP contribution in [0.2, 0.25) is 0 Å². The van der Waals surface area contributed by atoms with Gasteiger partial charge in [0.2, 0.25) is 5.78 Å². The van der Waals surface area contributed by atoms with Gasteiger partial charge in [0.15, 0.2) is 6.61 Å². The zero-order chi connectivity index (χ0) is 14.5. The zero-order valence-corrected chi connectivity index (χ0v) is 14.0. The van der Waals surface area contributed by atoms with E-state index in [1.807, 2.05) is 29.6 Å². The Kier molecular flexibility index (Phi) is 5.38. The number of thiophene rings is 1. The van der Waals surface area contributed by atoms with Crippen LogP contribution < -0.4 is 4.74 Å². The summed E-state index contributed by atoms with van der Waals surface area (Å²) in [4.78, 5) is 12.8. The number of carbonyl (C=O) groups is 1. The smallest absolute Gasteiger partial charge is 0.211 e. The number of ketones is 1. The summed E-state index contributed by atoms with van der Waals surface area (Å²) in [5.74, 6) is 1.24. The maximum absolute atomic E-state index is 12.1. The molecule has 0 aliphatic rings. The Morgan fingerprint density at radius 2 is 2.10 bits per heavy atom. The van der Waals surface area contributed by atoms with Crippen molar-refractivity contribution in [2.45, 2.75) is 26.2 Å². The van der Waals surface area contributed by atoms with E-state index in [9.17, 15) is 4.79 Å². The quantitative estimate of drug-likeness (QED) is 0.660. The van der Waals surface area contributed by atoms with Gasteiger partial charge in [-0.2, -0.15) is 0 Å². The maximum Gasteiger partial charge on any atom is 0.211 e. The van der Waals surface area contributed by atoms with Crippen molar-refractivity contribution in [2.24, 2.45) is 0 Å². The van der Waals surface area contributed by atoms with Gasteiger partial charge in [0.05, 0.1) is 4.88 Å². The number of hydrogen-bond acceptors (Lipinski definition) is 3. The molecule has 4 heteroatoms. The average Bonchev–Trinajstić information content (AvgIpc) is 2.90. The van der Waals surface area contributed by atoms with Gasteiger partial charge in [-0.1, -0.05) is 32.0 Å². The monoisotopic (exact) mass is 352 g/mol. The molecule has 0 saturated heterocycles. The van der Waals surface area contributed by atoms with E-state index in [1.165, 1.54) is 11.3 Å². The van der Waals surface area contributed by atoms with Gasteiger partial charge >= 0.3 is 0 Å². The number of para-hydroxylation sites is 1. The Bertz CT molecular complexity index is 592. The first kappa shape index (κ1) is 15.3. The van der Waals surface area contributed by atoms with Crippen LogP contribution in [0.25, 0.3) is 0 Å². The molecule has 1 aromatic heterocycles. The molecule has 0 bridgehead atoms. The summed E-state index contributed by atoms with van der Waals surface area (Å²) < 4.78 is 6.58. The van der Waals surface area contributed by atoms with E-state index in [-0.39, 0.29) is 12.4 Å². The Morgan fingerprint density at radius 3 is 2.75 bits per heavy atom. The number of Topliss-reactive ketones (excluding diaryl/α,β-unsaturated/α-hetero) is 1. The summed E-state index contributed by atoms with van der Waals surface area (Å²) in [7, 11) is 0. The van der Waals surface area contributed by atoms with E-state index in [0.29, 0.717) is 10.8 Å². The molecule has 2 nitrogen and oxygen atoms in total. The Morgan fingerprint density at radius 1 is 1.35 bits per heavy atom. The van der Waals surface area contributed by atoms with Crippen LogP contribution in [0.4, 0.5) is 0 Å². The molecule has 0 N–H and O–H groups in total. The van der Waals surface area contributed by atoms with Crippen LogP contribution in [-0.4, -0.2) is 12.4 Å². The molecule has 106 valence electrons. The second-order valence-electron chi connectivity index (χ2n) is 4.66. The molecule has 1 unspecified atom stereocenters. The van der Waals surface area contributed by atoms with Gasteiger partial charge in [-0.3, -0.25) is 4.79 Å². The van der Waals surface area contributed by atoms with Crippen molar-refractivity contribution in [2.75, 3.05) is 6.61 Å². The fourth-order valence-corrected chi connectivity index (χ4v) is 3.46. The molecule has 20 heavy (non-hydrogen) atoms. The van der Waals surface area contributed by atoms with Crippen LogP contribution in [0.5, 0.6) is 5.75 Å². The van der Waals surface area contributed by atoms with Crippen molar-refractivity contribution in [3.8, 4) is 5.75 Å². The van der Waals surface area contributed by atoms with Gasteiger partial charge in [0, 0.05) is 4.47 Å². The van der Waals surface area contributed by atoms with Crippen LogP contribution in [0, 0.1) is 0 Å². The fourth-order valence-electron chi connectivity index (χ4n) is 1.94. The van der Waals surface area contributed by atoms with Gasteiger partial charge in [-0.15, -0.1) is 11.3 Å². The average molecular weight is 353 g/mol. The van der Waals surface area contributed by atoms with E-state index >= 15 is 0 Å². The van der Waals surface area contributed by atoms with Gasteiger partial charge in [0.25, 0.3) is 0 Å². The third-order valence-corrected chi connectivity index (χ3v) is 5.17. The van der Waals surface area contributed by atoms with Gasteiger partial charge in [0.1, 0.15) is 5.75 Å². The summed E-state index contributed by atoms with van der Waals surface area (Å²) >= 11 is 4.81. The Balaban J connectivity index is 2.08. The SMILES string of the molecule is CCC(C)c1ccccc1OCC(=O)c1sccc1Br. The van der Waals surface area contributed by atoms with E-state index in [1.54, 1.807) is 0 Å². The molecule has 0 fully saturated rings. The highest BCUT2D eigenvalue weighted by Gasteiger charge is 2.14. The predicted octanol–water partition coefficient (Wildman–Crippen LogP) is 5.29. The van der Waals surface area contributed by atoms with Crippen molar-refractivity contribution in [1.82, 2.24) is 0 Å². The molecule has 0 aliphatic carbocycles. The number of benzene rings is 1. The Hall–Kier alpha value is -1.13. The molecule has 1 aromatic carbocycles. The molecule has 0 spiro atoms. The summed E-state index contributed by atoms with van der Waals surface area (Å²) in [6.07, 6.45) is 1.05. The topological polar surface area (TPSA) is 26.3 Å². The summed E-state index contributed by atoms with van der Waals surface area (Å²) in [6.45, 7) is 4.39. The highest BCUT2D eigenvalue weighted by molar-refractivity contribution is 9.10. The molecule has 0 aliphatic heterocycles. The minimum atomic E-state index is 0.00540. The van der Waals surface area contributed by atoms with E-state index in [2.05, 4.69) is 35.8 Å². The second-order valence-corrected chi connectivity index (χ2v) is 6.43. The number of halogens is 1. The van der Waals surface area contributed by atoms with Crippen LogP contribution >= 0.6 is 27.3 Å². The highest BCUT2D eigenvalue weighted by Crippen LogP contribution is 2.29. The van der Waals surface area contributed by atoms with Crippen molar-refractivity contribution in [3.63, 3.8) is 0 Å². The lowest BCUT2D eigenvalue weighted by Crippen LogP contribution is -2.12. The van der Waals surface area contributed by atoms with Crippen molar-refractivity contribution < 1.29 is 9.53 Å². The summed E-state index contributed by atoms with van der Waals surface area (Å²) in [6, 6.07) is 9.82. The number of rotatable bonds is 6. The van der Waals surface area contributed by atoms with Crippen molar-refractivity contribution >= 4 is 33.0 Å². The van der Waals surface area contributed by atoms with Gasteiger partial charge < -0.3 is 4.74 Å². The van der Waals surface area contributed by atoms with Crippen LogP contribution in [0.15, 0.2) is 40.2 Å². The molecule has 0 amide bonds. The third-order valence-electron chi connectivity index (χ3n) is 3.29. The molecule has 1 heterocycles. The summed E-state index contributed by atoms with van der Waals surface area (Å²) in [5, 5.41) is 1.89. The molecule has 1 atom stereocenters. The van der Waals surface area contributed by atoms with Gasteiger partial charge in [-0.05, 0) is 51.3 Å². The first-order valence-electron chi connectivity index (χ1n) is 6.61. The molecule has 0 radical (unpaired) electrons. The minimum Gasteiger partial charge on any atom is -0.485 e. The number of ether oxygens (including phenoxy) is 1.